The number of rotatable bonds is 2. The maximum atomic E-state index is 12.1. The molecule has 0 saturated carbocycles. The molecular formula is C14H16N4O. The number of hydrogen-bond donors (Lipinski definition) is 2. The Bertz CT molecular complexity index is 618. The van der Waals surface area contributed by atoms with Gasteiger partial charge in [0.25, 0.3) is 5.91 Å². The van der Waals surface area contributed by atoms with E-state index in [9.17, 15) is 4.79 Å². The molecule has 1 aromatic heterocycles. The van der Waals surface area contributed by atoms with Crippen LogP contribution in [0.1, 0.15) is 22.3 Å². The number of fused-ring (bicyclic) bond motifs is 1. The molecule has 0 aliphatic carbocycles. The fourth-order valence-corrected chi connectivity index (χ4v) is 2.35. The van der Waals surface area contributed by atoms with Crippen molar-refractivity contribution >= 4 is 17.3 Å². The third-order valence-electron chi connectivity index (χ3n) is 3.29. The van der Waals surface area contributed by atoms with Crippen LogP contribution in [0.15, 0.2) is 30.6 Å². The second-order valence-corrected chi connectivity index (χ2v) is 4.73. The average Bonchev–Trinajstić information content (AvgIpc) is 2.86. The van der Waals surface area contributed by atoms with Crippen LogP contribution in [0.4, 0.5) is 11.4 Å². The number of aromatic nitrogens is 2. The summed E-state index contributed by atoms with van der Waals surface area (Å²) in [5.41, 5.74) is 3.71. The highest BCUT2D eigenvalue weighted by Crippen LogP contribution is 2.30. The van der Waals surface area contributed by atoms with Gasteiger partial charge in [-0.15, -0.1) is 0 Å². The molecule has 2 aromatic rings. The van der Waals surface area contributed by atoms with Crippen molar-refractivity contribution in [2.45, 2.75) is 12.8 Å². The Hall–Kier alpha value is -2.30. The van der Waals surface area contributed by atoms with Crippen LogP contribution in [-0.4, -0.2) is 22.2 Å². The number of benzene rings is 1. The topological polar surface area (TPSA) is 59.0 Å². The Morgan fingerprint density at radius 1 is 1.47 bits per heavy atom. The Balaban J connectivity index is 1.85. The zero-order chi connectivity index (χ0) is 13.2. The molecule has 1 aliphatic rings. The highest BCUT2D eigenvalue weighted by molar-refractivity contribution is 6.05. The Morgan fingerprint density at radius 2 is 2.37 bits per heavy atom. The minimum Gasteiger partial charge on any atom is -0.383 e. The summed E-state index contributed by atoms with van der Waals surface area (Å²) < 4.78 is 1.62. The quantitative estimate of drug-likeness (QED) is 0.864. The normalized spacial score (nSPS) is 13.5. The van der Waals surface area contributed by atoms with Crippen molar-refractivity contribution < 1.29 is 4.79 Å². The van der Waals surface area contributed by atoms with Crippen LogP contribution in [0.25, 0.3) is 0 Å². The molecule has 1 aromatic carbocycles. The molecule has 1 amide bonds. The molecule has 0 radical (unpaired) electrons. The van der Waals surface area contributed by atoms with Gasteiger partial charge in [0.1, 0.15) is 0 Å². The molecule has 19 heavy (non-hydrogen) atoms. The molecule has 2 N–H and O–H groups in total. The van der Waals surface area contributed by atoms with Crippen molar-refractivity contribution in [2.24, 2.45) is 7.05 Å². The van der Waals surface area contributed by atoms with E-state index in [0.29, 0.717) is 5.56 Å². The van der Waals surface area contributed by atoms with Crippen LogP contribution in [-0.2, 0) is 13.5 Å². The van der Waals surface area contributed by atoms with E-state index in [-0.39, 0.29) is 5.91 Å². The predicted octanol–water partition coefficient (Wildman–Crippen LogP) is 2.03. The number of para-hydroxylation sites is 1. The summed E-state index contributed by atoms with van der Waals surface area (Å²) in [6.07, 6.45) is 5.46. The van der Waals surface area contributed by atoms with E-state index >= 15 is 0 Å². The van der Waals surface area contributed by atoms with E-state index in [2.05, 4.69) is 21.8 Å². The van der Waals surface area contributed by atoms with Crippen LogP contribution < -0.4 is 10.6 Å². The smallest absolute Gasteiger partial charge is 0.258 e. The van der Waals surface area contributed by atoms with Crippen molar-refractivity contribution in [1.29, 1.82) is 0 Å². The molecule has 0 spiro atoms. The number of anilines is 2. The lowest BCUT2D eigenvalue weighted by Crippen LogP contribution is -2.17. The van der Waals surface area contributed by atoms with Crippen molar-refractivity contribution in [1.82, 2.24) is 9.78 Å². The van der Waals surface area contributed by atoms with Crippen molar-refractivity contribution in [2.75, 3.05) is 17.2 Å². The third kappa shape index (κ3) is 2.31. The molecule has 0 unspecified atom stereocenters. The van der Waals surface area contributed by atoms with Gasteiger partial charge in [-0.2, -0.15) is 5.10 Å². The lowest BCUT2D eigenvalue weighted by molar-refractivity contribution is 0.102. The number of aryl methyl sites for hydroxylation is 2. The number of nitrogens with zero attached hydrogens (tertiary/aromatic N) is 2. The summed E-state index contributed by atoms with van der Waals surface area (Å²) >= 11 is 0. The molecular weight excluding hydrogens is 240 g/mol. The maximum absolute atomic E-state index is 12.1. The Labute approximate surface area is 111 Å². The van der Waals surface area contributed by atoms with Gasteiger partial charge in [0.2, 0.25) is 0 Å². The first-order valence-electron chi connectivity index (χ1n) is 6.40. The van der Waals surface area contributed by atoms with Crippen LogP contribution >= 0.6 is 0 Å². The third-order valence-corrected chi connectivity index (χ3v) is 3.29. The summed E-state index contributed by atoms with van der Waals surface area (Å²) in [5, 5.41) is 10.3. The number of amides is 1. The van der Waals surface area contributed by atoms with Gasteiger partial charge >= 0.3 is 0 Å². The van der Waals surface area contributed by atoms with Crippen molar-refractivity contribution in [3.8, 4) is 0 Å². The van der Waals surface area contributed by atoms with Gasteiger partial charge in [0, 0.05) is 19.8 Å². The van der Waals surface area contributed by atoms with Crippen molar-refractivity contribution in [3.63, 3.8) is 0 Å². The standard InChI is InChI=1S/C14H16N4O/c1-18-9-11(8-16-18)14(19)17-12-6-2-4-10-5-3-7-15-13(10)12/h2,4,6,8-9,15H,3,5,7H2,1H3,(H,17,19). The lowest BCUT2D eigenvalue weighted by atomic mass is 10.0. The number of hydrogen-bond acceptors (Lipinski definition) is 3. The molecule has 3 rings (SSSR count). The summed E-state index contributed by atoms with van der Waals surface area (Å²) in [6, 6.07) is 6.00. The maximum Gasteiger partial charge on any atom is 0.258 e. The number of carbonyl (C=O) groups excluding carboxylic acids is 1. The van der Waals surface area contributed by atoms with Crippen LogP contribution in [0.3, 0.4) is 0 Å². The second-order valence-electron chi connectivity index (χ2n) is 4.73. The van der Waals surface area contributed by atoms with Gasteiger partial charge in [-0.3, -0.25) is 9.48 Å². The molecule has 0 atom stereocenters. The van der Waals surface area contributed by atoms with Gasteiger partial charge in [-0.05, 0) is 24.5 Å². The van der Waals surface area contributed by atoms with Crippen molar-refractivity contribution in [3.05, 3.63) is 41.7 Å². The molecule has 5 heteroatoms. The van der Waals surface area contributed by atoms with Crippen LogP contribution in [0, 0.1) is 0 Å². The van der Waals surface area contributed by atoms with Gasteiger partial charge in [0.15, 0.2) is 0 Å². The minimum atomic E-state index is -0.131. The number of nitrogens with one attached hydrogen (secondary N) is 2. The highest BCUT2D eigenvalue weighted by Gasteiger charge is 2.15. The molecule has 0 bridgehead atoms. The average molecular weight is 256 g/mol. The Kier molecular flexibility index (Phi) is 2.95. The van der Waals surface area contributed by atoms with E-state index in [0.717, 1.165) is 30.8 Å². The fraction of sp³-hybridized carbons (Fsp3) is 0.286. The van der Waals surface area contributed by atoms with Gasteiger partial charge < -0.3 is 10.6 Å². The van der Waals surface area contributed by atoms with Crippen LogP contribution in [0.2, 0.25) is 0 Å². The fourth-order valence-electron chi connectivity index (χ4n) is 2.35. The summed E-state index contributed by atoms with van der Waals surface area (Å²) in [5.74, 6) is -0.131. The first kappa shape index (κ1) is 11.8. The summed E-state index contributed by atoms with van der Waals surface area (Å²) in [4.78, 5) is 12.1. The first-order valence-corrected chi connectivity index (χ1v) is 6.40. The Morgan fingerprint density at radius 3 is 3.16 bits per heavy atom. The predicted molar refractivity (Wildman–Crippen MR) is 74.4 cm³/mol. The summed E-state index contributed by atoms with van der Waals surface area (Å²) in [7, 11) is 1.79. The molecule has 0 fully saturated rings. The largest absolute Gasteiger partial charge is 0.383 e. The lowest BCUT2D eigenvalue weighted by Gasteiger charge is -2.21. The molecule has 1 aliphatic heterocycles. The zero-order valence-electron chi connectivity index (χ0n) is 10.8. The van der Waals surface area contributed by atoms with E-state index < -0.39 is 0 Å². The van der Waals surface area contributed by atoms with E-state index in [1.807, 2.05) is 12.1 Å². The van der Waals surface area contributed by atoms with Gasteiger partial charge in [0.05, 0.1) is 23.1 Å². The summed E-state index contributed by atoms with van der Waals surface area (Å²) in [6.45, 7) is 0.951. The van der Waals surface area contributed by atoms with Crippen LogP contribution in [0.5, 0.6) is 0 Å². The first-order chi connectivity index (χ1) is 9.24. The van der Waals surface area contributed by atoms with E-state index in [1.165, 1.54) is 5.56 Å². The van der Waals surface area contributed by atoms with E-state index in [4.69, 9.17) is 0 Å². The highest BCUT2D eigenvalue weighted by atomic mass is 16.1. The minimum absolute atomic E-state index is 0.131. The molecule has 5 nitrogen and oxygen atoms in total. The number of carbonyl (C=O) groups is 1. The molecule has 98 valence electrons. The SMILES string of the molecule is Cn1cc(C(=O)Nc2cccc3c2NCCC3)cn1. The molecule has 0 saturated heterocycles. The monoisotopic (exact) mass is 256 g/mol. The van der Waals surface area contributed by atoms with Gasteiger partial charge in [-0.25, -0.2) is 0 Å². The zero-order valence-corrected chi connectivity index (χ0v) is 10.8. The second kappa shape index (κ2) is 4.76. The van der Waals surface area contributed by atoms with Gasteiger partial charge in [-0.1, -0.05) is 12.1 Å². The molecule has 2 heterocycles. The van der Waals surface area contributed by atoms with E-state index in [1.54, 1.807) is 24.1 Å².